The fourth-order valence-electron chi connectivity index (χ4n) is 1.63. The van der Waals surface area contributed by atoms with Crippen molar-refractivity contribution >= 4 is 17.3 Å². The molecule has 0 radical (unpaired) electrons. The van der Waals surface area contributed by atoms with Gasteiger partial charge in [0, 0.05) is 20.1 Å². The standard InChI is InChI=1S/C11H18N4O3/c1-3-4-14(5-6-16)11-8-9(15(17)18)7-10(12-2)13-11/h7-8,16H,3-6H2,1-2H3,(H,12,13). The van der Waals surface area contributed by atoms with Crippen molar-refractivity contribution in [3.8, 4) is 0 Å². The van der Waals surface area contributed by atoms with Gasteiger partial charge in [-0.25, -0.2) is 4.98 Å². The molecule has 1 aromatic rings. The van der Waals surface area contributed by atoms with Crippen molar-refractivity contribution < 1.29 is 10.0 Å². The maximum atomic E-state index is 10.8. The fraction of sp³-hybridized carbons (Fsp3) is 0.545. The number of aromatic nitrogens is 1. The van der Waals surface area contributed by atoms with Crippen LogP contribution in [0.3, 0.4) is 0 Å². The van der Waals surface area contributed by atoms with E-state index in [1.165, 1.54) is 12.1 Å². The van der Waals surface area contributed by atoms with E-state index in [1.807, 2.05) is 11.8 Å². The van der Waals surface area contributed by atoms with Gasteiger partial charge in [0.05, 0.1) is 23.7 Å². The molecule has 0 atom stereocenters. The highest BCUT2D eigenvalue weighted by Gasteiger charge is 2.14. The summed E-state index contributed by atoms with van der Waals surface area (Å²) < 4.78 is 0. The number of nitro groups is 1. The molecule has 0 aliphatic carbocycles. The first-order chi connectivity index (χ1) is 8.62. The molecular weight excluding hydrogens is 236 g/mol. The number of hydrogen-bond acceptors (Lipinski definition) is 6. The number of nitrogens with zero attached hydrogens (tertiary/aromatic N) is 3. The van der Waals surface area contributed by atoms with Crippen LogP contribution < -0.4 is 10.2 Å². The first-order valence-electron chi connectivity index (χ1n) is 5.82. The van der Waals surface area contributed by atoms with Gasteiger partial charge in [0.25, 0.3) is 5.69 Å². The molecule has 0 aliphatic heterocycles. The molecule has 0 spiro atoms. The van der Waals surface area contributed by atoms with Crippen molar-refractivity contribution in [2.45, 2.75) is 13.3 Å². The zero-order chi connectivity index (χ0) is 13.5. The highest BCUT2D eigenvalue weighted by molar-refractivity contribution is 5.55. The van der Waals surface area contributed by atoms with Crippen LogP contribution in [0.5, 0.6) is 0 Å². The molecule has 0 bridgehead atoms. The Kier molecular flexibility index (Phi) is 5.31. The average molecular weight is 254 g/mol. The van der Waals surface area contributed by atoms with E-state index in [0.29, 0.717) is 24.7 Å². The van der Waals surface area contributed by atoms with Crippen LogP contribution in [0.4, 0.5) is 17.3 Å². The smallest absolute Gasteiger partial charge is 0.276 e. The minimum atomic E-state index is -0.449. The molecule has 18 heavy (non-hydrogen) atoms. The van der Waals surface area contributed by atoms with E-state index in [1.54, 1.807) is 7.05 Å². The number of rotatable bonds is 7. The Bertz CT molecular complexity index is 405. The van der Waals surface area contributed by atoms with Gasteiger partial charge < -0.3 is 15.3 Å². The van der Waals surface area contributed by atoms with Crippen molar-refractivity contribution in [1.82, 2.24) is 4.98 Å². The molecule has 1 rings (SSSR count). The quantitative estimate of drug-likeness (QED) is 0.562. The van der Waals surface area contributed by atoms with Crippen LogP contribution in [-0.2, 0) is 0 Å². The lowest BCUT2D eigenvalue weighted by atomic mass is 10.3. The average Bonchev–Trinajstić information content (AvgIpc) is 2.37. The molecule has 0 aromatic carbocycles. The van der Waals surface area contributed by atoms with Crippen molar-refractivity contribution in [2.75, 3.05) is 37.0 Å². The molecule has 0 unspecified atom stereocenters. The summed E-state index contributed by atoms with van der Waals surface area (Å²) in [6.45, 7) is 3.09. The number of hydrogen-bond donors (Lipinski definition) is 2. The van der Waals surface area contributed by atoms with Crippen LogP contribution in [0.2, 0.25) is 0 Å². The van der Waals surface area contributed by atoms with Crippen molar-refractivity contribution in [3.05, 3.63) is 22.2 Å². The maximum Gasteiger partial charge on any atom is 0.276 e. The van der Waals surface area contributed by atoms with Crippen LogP contribution in [-0.4, -0.2) is 41.8 Å². The van der Waals surface area contributed by atoms with Gasteiger partial charge in [-0.05, 0) is 6.42 Å². The zero-order valence-electron chi connectivity index (χ0n) is 10.6. The number of aliphatic hydroxyl groups excluding tert-OH is 1. The summed E-state index contributed by atoms with van der Waals surface area (Å²) in [5, 5.41) is 22.6. The van der Waals surface area contributed by atoms with Gasteiger partial charge >= 0.3 is 0 Å². The van der Waals surface area contributed by atoms with Crippen molar-refractivity contribution in [2.24, 2.45) is 0 Å². The zero-order valence-corrected chi connectivity index (χ0v) is 10.6. The van der Waals surface area contributed by atoms with Crippen molar-refractivity contribution in [3.63, 3.8) is 0 Å². The molecule has 1 aromatic heterocycles. The predicted octanol–water partition coefficient (Wildman–Crippen LogP) is 1.24. The minimum Gasteiger partial charge on any atom is -0.395 e. The molecule has 0 saturated heterocycles. The molecule has 7 heteroatoms. The fourth-order valence-corrected chi connectivity index (χ4v) is 1.63. The third-order valence-corrected chi connectivity index (χ3v) is 2.45. The summed E-state index contributed by atoms with van der Waals surface area (Å²) in [5.74, 6) is 0.947. The Morgan fingerprint density at radius 1 is 1.50 bits per heavy atom. The maximum absolute atomic E-state index is 10.8. The van der Waals surface area contributed by atoms with Gasteiger partial charge in [-0.2, -0.15) is 0 Å². The van der Waals surface area contributed by atoms with Crippen LogP contribution in [0.1, 0.15) is 13.3 Å². The van der Waals surface area contributed by atoms with Crippen LogP contribution in [0.15, 0.2) is 12.1 Å². The second kappa shape index (κ2) is 6.75. The van der Waals surface area contributed by atoms with E-state index in [2.05, 4.69) is 10.3 Å². The van der Waals surface area contributed by atoms with Gasteiger partial charge in [0.2, 0.25) is 0 Å². The van der Waals surface area contributed by atoms with Crippen LogP contribution >= 0.6 is 0 Å². The summed E-state index contributed by atoms with van der Waals surface area (Å²) in [5.41, 5.74) is -0.0107. The minimum absolute atomic E-state index is 0.0107. The van der Waals surface area contributed by atoms with E-state index in [-0.39, 0.29) is 12.3 Å². The van der Waals surface area contributed by atoms with E-state index in [9.17, 15) is 10.1 Å². The number of anilines is 2. The molecule has 0 amide bonds. The summed E-state index contributed by atoms with van der Waals surface area (Å²) in [6, 6.07) is 2.80. The molecule has 2 N–H and O–H groups in total. The Labute approximate surface area is 106 Å². The first-order valence-corrected chi connectivity index (χ1v) is 5.82. The first kappa shape index (κ1) is 14.2. The second-order valence-corrected chi connectivity index (χ2v) is 3.79. The number of nitrogens with one attached hydrogen (secondary N) is 1. The Hall–Kier alpha value is -1.89. The summed E-state index contributed by atoms with van der Waals surface area (Å²) in [4.78, 5) is 16.5. The van der Waals surface area contributed by atoms with Crippen molar-refractivity contribution in [1.29, 1.82) is 0 Å². The SMILES string of the molecule is CCCN(CCO)c1cc([N+](=O)[O-])cc(NC)n1. The number of pyridine rings is 1. The van der Waals surface area contributed by atoms with E-state index in [0.717, 1.165) is 6.42 Å². The number of aliphatic hydroxyl groups is 1. The Balaban J connectivity index is 3.11. The predicted molar refractivity (Wildman–Crippen MR) is 70.0 cm³/mol. The lowest BCUT2D eigenvalue weighted by Crippen LogP contribution is -2.28. The molecular formula is C11H18N4O3. The molecule has 7 nitrogen and oxygen atoms in total. The second-order valence-electron chi connectivity index (χ2n) is 3.79. The van der Waals surface area contributed by atoms with Crippen LogP contribution in [0, 0.1) is 10.1 Å². The lowest BCUT2D eigenvalue weighted by Gasteiger charge is -2.22. The van der Waals surface area contributed by atoms with Gasteiger partial charge in [-0.1, -0.05) is 6.92 Å². The van der Waals surface area contributed by atoms with Gasteiger partial charge in [0.1, 0.15) is 11.6 Å². The van der Waals surface area contributed by atoms with E-state index in [4.69, 9.17) is 5.11 Å². The Morgan fingerprint density at radius 2 is 2.22 bits per heavy atom. The molecule has 100 valence electrons. The third kappa shape index (κ3) is 3.56. The normalized spacial score (nSPS) is 10.2. The molecule has 0 aliphatic rings. The highest BCUT2D eigenvalue weighted by Crippen LogP contribution is 2.23. The lowest BCUT2D eigenvalue weighted by molar-refractivity contribution is -0.384. The molecule has 0 saturated carbocycles. The Morgan fingerprint density at radius 3 is 2.72 bits per heavy atom. The van der Waals surface area contributed by atoms with E-state index >= 15 is 0 Å². The van der Waals surface area contributed by atoms with Crippen LogP contribution in [0.25, 0.3) is 0 Å². The third-order valence-electron chi connectivity index (χ3n) is 2.45. The largest absolute Gasteiger partial charge is 0.395 e. The summed E-state index contributed by atoms with van der Waals surface area (Å²) in [7, 11) is 1.66. The molecule has 1 heterocycles. The van der Waals surface area contributed by atoms with Gasteiger partial charge in [-0.3, -0.25) is 10.1 Å². The van der Waals surface area contributed by atoms with E-state index < -0.39 is 4.92 Å². The summed E-state index contributed by atoms with van der Waals surface area (Å²) >= 11 is 0. The topological polar surface area (TPSA) is 91.5 Å². The summed E-state index contributed by atoms with van der Waals surface area (Å²) in [6.07, 6.45) is 0.874. The monoisotopic (exact) mass is 254 g/mol. The van der Waals surface area contributed by atoms with Gasteiger partial charge in [0.15, 0.2) is 0 Å². The highest BCUT2D eigenvalue weighted by atomic mass is 16.6. The molecule has 0 fully saturated rings. The van der Waals surface area contributed by atoms with Gasteiger partial charge in [-0.15, -0.1) is 0 Å².